The molecule has 0 amide bonds. The van der Waals surface area contributed by atoms with Crippen molar-refractivity contribution < 1.29 is 19.1 Å². The maximum absolute atomic E-state index is 11.0. The lowest BCUT2D eigenvalue weighted by molar-refractivity contribution is -0.140. The summed E-state index contributed by atoms with van der Waals surface area (Å²) >= 11 is 0. The number of furan rings is 1. The summed E-state index contributed by atoms with van der Waals surface area (Å²) in [7, 11) is 0. The molecule has 1 unspecified atom stereocenters. The van der Waals surface area contributed by atoms with Crippen molar-refractivity contribution in [2.75, 3.05) is 19.8 Å². The van der Waals surface area contributed by atoms with Crippen LogP contribution in [-0.2, 0) is 16.1 Å². The Bertz CT molecular complexity index is 662. The molecule has 0 bridgehead atoms. The van der Waals surface area contributed by atoms with Crippen LogP contribution in [0.4, 0.5) is 0 Å². The number of carboxylic acids is 1. The van der Waals surface area contributed by atoms with Gasteiger partial charge in [-0.05, 0) is 24.6 Å². The van der Waals surface area contributed by atoms with E-state index in [1.54, 1.807) is 0 Å². The van der Waals surface area contributed by atoms with E-state index in [-0.39, 0.29) is 12.5 Å². The second-order valence-corrected chi connectivity index (χ2v) is 5.90. The van der Waals surface area contributed by atoms with Crippen LogP contribution in [0.2, 0.25) is 0 Å². The number of ether oxygens (including phenoxy) is 1. The zero-order chi connectivity index (χ0) is 16.2. The fourth-order valence-corrected chi connectivity index (χ4v) is 2.89. The van der Waals surface area contributed by atoms with Crippen LogP contribution in [0.1, 0.15) is 17.7 Å². The van der Waals surface area contributed by atoms with Crippen molar-refractivity contribution in [2.45, 2.75) is 25.9 Å². The average Bonchev–Trinajstić information content (AvgIpc) is 2.96. The molecule has 0 radical (unpaired) electrons. The van der Waals surface area contributed by atoms with E-state index in [4.69, 9.17) is 14.3 Å². The van der Waals surface area contributed by atoms with Gasteiger partial charge in [-0.3, -0.25) is 9.69 Å². The zero-order valence-corrected chi connectivity index (χ0v) is 13.2. The lowest BCUT2D eigenvalue weighted by atomic mass is 10.1. The molecule has 1 aliphatic heterocycles. The lowest BCUT2D eigenvalue weighted by Gasteiger charge is -2.34. The summed E-state index contributed by atoms with van der Waals surface area (Å²) in [5.74, 6) is 0.979. The first-order valence-electron chi connectivity index (χ1n) is 7.81. The second kappa shape index (κ2) is 6.98. The number of carboxylic acid groups (broad SMARTS) is 1. The van der Waals surface area contributed by atoms with Crippen LogP contribution in [0.25, 0.3) is 11.3 Å². The number of benzene rings is 1. The molecule has 5 nitrogen and oxygen atoms in total. The Balaban J connectivity index is 1.68. The minimum atomic E-state index is -0.783. The topological polar surface area (TPSA) is 62.9 Å². The van der Waals surface area contributed by atoms with Gasteiger partial charge in [-0.1, -0.05) is 24.3 Å². The Morgan fingerprint density at radius 2 is 2.04 bits per heavy atom. The minimum absolute atomic E-state index is 0.0614. The van der Waals surface area contributed by atoms with Gasteiger partial charge in [0, 0.05) is 24.7 Å². The average molecular weight is 315 g/mol. The number of morpholine rings is 1. The van der Waals surface area contributed by atoms with Gasteiger partial charge in [0.1, 0.15) is 11.5 Å². The molecule has 0 saturated carbocycles. The molecule has 23 heavy (non-hydrogen) atoms. The summed E-state index contributed by atoms with van der Waals surface area (Å²) in [6, 6.07) is 12.1. The van der Waals surface area contributed by atoms with Crippen LogP contribution in [0.5, 0.6) is 0 Å². The smallest absolute Gasteiger partial charge is 0.305 e. The van der Waals surface area contributed by atoms with Gasteiger partial charge in [0.15, 0.2) is 0 Å². The zero-order valence-electron chi connectivity index (χ0n) is 13.2. The van der Waals surface area contributed by atoms with Gasteiger partial charge in [-0.25, -0.2) is 0 Å². The molecular weight excluding hydrogens is 294 g/mol. The summed E-state index contributed by atoms with van der Waals surface area (Å²) in [6.45, 7) is 4.56. The van der Waals surface area contributed by atoms with Crippen molar-refractivity contribution in [1.29, 1.82) is 0 Å². The monoisotopic (exact) mass is 315 g/mol. The third-order valence-corrected chi connectivity index (χ3v) is 4.12. The van der Waals surface area contributed by atoms with Gasteiger partial charge >= 0.3 is 5.97 Å². The molecule has 1 aromatic heterocycles. The molecule has 1 fully saturated rings. The third-order valence-electron chi connectivity index (χ3n) is 4.12. The molecule has 5 heteroatoms. The highest BCUT2D eigenvalue weighted by atomic mass is 16.5. The fraction of sp³-hybridized carbons (Fsp3) is 0.389. The number of nitrogens with zero attached hydrogens (tertiary/aromatic N) is 1. The fourth-order valence-electron chi connectivity index (χ4n) is 2.89. The van der Waals surface area contributed by atoms with Gasteiger partial charge in [-0.15, -0.1) is 0 Å². The summed E-state index contributed by atoms with van der Waals surface area (Å²) in [5, 5.41) is 9.02. The Morgan fingerprint density at radius 3 is 2.70 bits per heavy atom. The van der Waals surface area contributed by atoms with Gasteiger partial charge in [-0.2, -0.15) is 0 Å². The van der Waals surface area contributed by atoms with E-state index in [0.717, 1.165) is 35.7 Å². The highest BCUT2D eigenvalue weighted by molar-refractivity contribution is 5.67. The van der Waals surface area contributed by atoms with Crippen LogP contribution >= 0.6 is 0 Å². The van der Waals surface area contributed by atoms with Crippen molar-refractivity contribution in [1.82, 2.24) is 4.90 Å². The van der Waals surface area contributed by atoms with Gasteiger partial charge in [0.2, 0.25) is 0 Å². The molecule has 1 aliphatic rings. The van der Waals surface area contributed by atoms with Crippen molar-refractivity contribution in [3.8, 4) is 11.3 Å². The third kappa shape index (κ3) is 4.00. The molecule has 122 valence electrons. The largest absolute Gasteiger partial charge is 0.481 e. The first kappa shape index (κ1) is 15.8. The second-order valence-electron chi connectivity index (χ2n) is 5.90. The number of hydrogen-bond acceptors (Lipinski definition) is 4. The van der Waals surface area contributed by atoms with E-state index in [9.17, 15) is 4.79 Å². The predicted molar refractivity (Wildman–Crippen MR) is 86.2 cm³/mol. The number of hydrogen-bond donors (Lipinski definition) is 1. The number of aliphatic carboxylic acids is 1. The molecule has 0 aliphatic carbocycles. The summed E-state index contributed by atoms with van der Waals surface area (Å²) in [6.07, 6.45) is 0.115. The van der Waals surface area contributed by atoms with Crippen molar-refractivity contribution >= 4 is 5.97 Å². The Morgan fingerprint density at radius 1 is 1.26 bits per heavy atom. The van der Waals surface area contributed by atoms with Crippen LogP contribution in [0.15, 0.2) is 40.8 Å². The summed E-state index contributed by atoms with van der Waals surface area (Å²) in [5.41, 5.74) is 2.21. The van der Waals surface area contributed by atoms with Crippen LogP contribution in [0.3, 0.4) is 0 Å². The predicted octanol–water partition coefficient (Wildman–Crippen LogP) is 2.93. The molecule has 0 spiro atoms. The molecule has 2 aromatic rings. The number of aryl methyl sites for hydroxylation is 1. The molecule has 2 heterocycles. The first-order valence-corrected chi connectivity index (χ1v) is 7.81. The van der Waals surface area contributed by atoms with E-state index < -0.39 is 5.97 Å². The van der Waals surface area contributed by atoms with Crippen LogP contribution in [0, 0.1) is 6.92 Å². The van der Waals surface area contributed by atoms with E-state index in [2.05, 4.69) is 17.0 Å². The molecular formula is C18H21NO4. The maximum Gasteiger partial charge on any atom is 0.305 e. The quantitative estimate of drug-likeness (QED) is 0.919. The summed E-state index contributed by atoms with van der Waals surface area (Å²) in [4.78, 5) is 13.2. The molecule has 1 saturated heterocycles. The van der Waals surface area contributed by atoms with E-state index >= 15 is 0 Å². The van der Waals surface area contributed by atoms with Gasteiger partial charge in [0.25, 0.3) is 0 Å². The first-order chi connectivity index (χ1) is 11.1. The standard InChI is InChI=1S/C18H21NO4/c1-13-2-7-17(23-13)15-5-3-14(4-6-15)11-19-8-9-22-12-16(19)10-18(20)21/h2-7,16H,8-12H2,1H3,(H,20,21). The van der Waals surface area contributed by atoms with Crippen molar-refractivity contribution in [3.63, 3.8) is 0 Å². The highest BCUT2D eigenvalue weighted by Gasteiger charge is 2.25. The minimum Gasteiger partial charge on any atom is -0.481 e. The van der Waals surface area contributed by atoms with Gasteiger partial charge < -0.3 is 14.3 Å². The molecule has 1 atom stereocenters. The highest BCUT2D eigenvalue weighted by Crippen LogP contribution is 2.23. The SMILES string of the molecule is Cc1ccc(-c2ccc(CN3CCOCC3CC(=O)O)cc2)o1. The number of rotatable bonds is 5. The maximum atomic E-state index is 11.0. The van der Waals surface area contributed by atoms with Crippen LogP contribution in [-0.4, -0.2) is 41.8 Å². The van der Waals surface area contributed by atoms with E-state index in [1.165, 1.54) is 0 Å². The Hall–Kier alpha value is -2.11. The van der Waals surface area contributed by atoms with Crippen LogP contribution < -0.4 is 0 Å². The Kier molecular flexibility index (Phi) is 4.79. The molecule has 1 aromatic carbocycles. The molecule has 3 rings (SSSR count). The lowest BCUT2D eigenvalue weighted by Crippen LogP contribution is -2.45. The van der Waals surface area contributed by atoms with Crippen molar-refractivity contribution in [2.24, 2.45) is 0 Å². The van der Waals surface area contributed by atoms with Crippen molar-refractivity contribution in [3.05, 3.63) is 47.7 Å². The van der Waals surface area contributed by atoms with Gasteiger partial charge in [0.05, 0.1) is 19.6 Å². The Labute approximate surface area is 135 Å². The number of carbonyl (C=O) groups is 1. The van der Waals surface area contributed by atoms with E-state index in [0.29, 0.717) is 13.2 Å². The van der Waals surface area contributed by atoms with E-state index in [1.807, 2.05) is 31.2 Å². The normalized spacial score (nSPS) is 18.9. The summed E-state index contributed by atoms with van der Waals surface area (Å²) < 4.78 is 11.0. The molecule has 1 N–H and O–H groups in total.